The van der Waals surface area contributed by atoms with Crippen LogP contribution in [0.2, 0.25) is 0 Å². The minimum absolute atomic E-state index is 0.109. The van der Waals surface area contributed by atoms with Crippen LogP contribution in [0.15, 0.2) is 53.1 Å². The summed E-state index contributed by atoms with van der Waals surface area (Å²) >= 11 is 0. The number of methoxy groups -OCH3 is 1. The van der Waals surface area contributed by atoms with Crippen molar-refractivity contribution in [2.45, 2.75) is 12.8 Å². The molecule has 0 unspecified atom stereocenters. The molecule has 1 aromatic carbocycles. The van der Waals surface area contributed by atoms with Crippen molar-refractivity contribution in [1.29, 1.82) is 0 Å². The molecule has 1 N–H and O–H groups in total. The number of non-ortho nitro benzene ring substituents is 1. The molecule has 1 fully saturated rings. The summed E-state index contributed by atoms with van der Waals surface area (Å²) in [6.07, 6.45) is 2.85. The molecule has 0 radical (unpaired) electrons. The van der Waals surface area contributed by atoms with E-state index in [0.717, 1.165) is 5.82 Å². The third-order valence-corrected chi connectivity index (χ3v) is 5.27. The lowest BCUT2D eigenvalue weighted by Gasteiger charge is -2.31. The Morgan fingerprint density at radius 3 is 2.65 bits per heavy atom. The summed E-state index contributed by atoms with van der Waals surface area (Å²) in [5, 5.41) is 22.3. The first-order valence-electron chi connectivity index (χ1n) is 9.81. The van der Waals surface area contributed by atoms with Gasteiger partial charge in [-0.3, -0.25) is 14.9 Å². The van der Waals surface area contributed by atoms with Crippen molar-refractivity contribution in [3.63, 3.8) is 0 Å². The summed E-state index contributed by atoms with van der Waals surface area (Å²) in [4.78, 5) is 25.3. The number of carbonyl (C=O) groups excluding carboxylic acids is 1. The van der Waals surface area contributed by atoms with Gasteiger partial charge in [-0.25, -0.2) is 0 Å². The lowest BCUT2D eigenvalue weighted by molar-refractivity contribution is -0.384. The van der Waals surface area contributed by atoms with Crippen LogP contribution in [0.3, 0.4) is 0 Å². The van der Waals surface area contributed by atoms with Crippen molar-refractivity contribution >= 4 is 23.1 Å². The van der Waals surface area contributed by atoms with Gasteiger partial charge < -0.3 is 19.4 Å². The Kier molecular flexibility index (Phi) is 5.78. The van der Waals surface area contributed by atoms with E-state index in [0.29, 0.717) is 48.8 Å². The highest BCUT2D eigenvalue weighted by atomic mass is 16.6. The molecule has 0 bridgehead atoms. The normalized spacial score (nSPS) is 14.3. The number of rotatable bonds is 6. The summed E-state index contributed by atoms with van der Waals surface area (Å²) < 4.78 is 10.5. The van der Waals surface area contributed by atoms with Gasteiger partial charge in [-0.1, -0.05) is 0 Å². The Hall–Kier alpha value is -3.95. The van der Waals surface area contributed by atoms with Crippen molar-refractivity contribution in [2.24, 2.45) is 5.92 Å². The Labute approximate surface area is 178 Å². The van der Waals surface area contributed by atoms with Crippen LogP contribution in [0, 0.1) is 16.0 Å². The molecule has 0 saturated carbocycles. The fraction of sp³-hybridized carbons (Fsp3) is 0.286. The third-order valence-electron chi connectivity index (χ3n) is 5.27. The minimum Gasteiger partial charge on any atom is -0.495 e. The highest BCUT2D eigenvalue weighted by Gasteiger charge is 2.27. The second kappa shape index (κ2) is 8.82. The number of benzene rings is 1. The van der Waals surface area contributed by atoms with Crippen LogP contribution < -0.4 is 15.0 Å². The molecule has 1 aliphatic rings. The van der Waals surface area contributed by atoms with E-state index in [1.54, 1.807) is 12.3 Å². The van der Waals surface area contributed by atoms with E-state index in [1.165, 1.54) is 25.3 Å². The van der Waals surface area contributed by atoms with Gasteiger partial charge >= 0.3 is 0 Å². The number of furan rings is 1. The molecule has 0 atom stereocenters. The number of anilines is 2. The molecule has 10 heteroatoms. The first-order valence-corrected chi connectivity index (χ1v) is 9.81. The van der Waals surface area contributed by atoms with Gasteiger partial charge in [0.15, 0.2) is 11.6 Å². The number of aromatic nitrogens is 2. The average molecular weight is 423 g/mol. The van der Waals surface area contributed by atoms with Gasteiger partial charge in [0.2, 0.25) is 5.91 Å². The van der Waals surface area contributed by atoms with Crippen LogP contribution in [0.25, 0.3) is 11.5 Å². The molecule has 1 saturated heterocycles. The van der Waals surface area contributed by atoms with Gasteiger partial charge in [0.05, 0.1) is 24.0 Å². The van der Waals surface area contributed by atoms with Gasteiger partial charge in [-0.2, -0.15) is 0 Å². The van der Waals surface area contributed by atoms with E-state index < -0.39 is 4.92 Å². The number of nitro benzene ring substituents is 1. The number of ether oxygens (including phenoxy) is 1. The molecule has 160 valence electrons. The number of nitrogens with one attached hydrogen (secondary N) is 1. The Morgan fingerprint density at radius 2 is 2.03 bits per heavy atom. The molecular formula is C21H21N5O5. The summed E-state index contributed by atoms with van der Waals surface area (Å²) in [6, 6.07) is 11.5. The van der Waals surface area contributed by atoms with E-state index in [4.69, 9.17) is 9.15 Å². The third kappa shape index (κ3) is 4.47. The maximum Gasteiger partial charge on any atom is 0.271 e. The van der Waals surface area contributed by atoms with E-state index in [1.807, 2.05) is 18.2 Å². The lowest BCUT2D eigenvalue weighted by atomic mass is 9.95. The molecular weight excluding hydrogens is 402 g/mol. The Morgan fingerprint density at radius 1 is 1.23 bits per heavy atom. The number of carbonyl (C=O) groups is 1. The molecule has 0 spiro atoms. The first-order chi connectivity index (χ1) is 15.0. The molecule has 0 aliphatic carbocycles. The van der Waals surface area contributed by atoms with E-state index in [-0.39, 0.29) is 17.5 Å². The van der Waals surface area contributed by atoms with Crippen molar-refractivity contribution < 1.29 is 18.9 Å². The quantitative estimate of drug-likeness (QED) is 0.472. The van der Waals surface area contributed by atoms with E-state index in [9.17, 15) is 14.9 Å². The van der Waals surface area contributed by atoms with Gasteiger partial charge in [0, 0.05) is 31.1 Å². The fourth-order valence-electron chi connectivity index (χ4n) is 3.56. The zero-order valence-corrected chi connectivity index (χ0v) is 16.9. The number of nitrogens with zero attached hydrogens (tertiary/aromatic N) is 4. The predicted octanol–water partition coefficient (Wildman–Crippen LogP) is 3.51. The van der Waals surface area contributed by atoms with Crippen LogP contribution in [0.5, 0.6) is 5.75 Å². The van der Waals surface area contributed by atoms with Crippen molar-refractivity contribution in [1.82, 2.24) is 10.2 Å². The zero-order valence-electron chi connectivity index (χ0n) is 16.9. The number of nitro groups is 1. The molecule has 31 heavy (non-hydrogen) atoms. The highest BCUT2D eigenvalue weighted by molar-refractivity contribution is 5.94. The molecule has 10 nitrogen and oxygen atoms in total. The van der Waals surface area contributed by atoms with Crippen LogP contribution in [0.4, 0.5) is 17.2 Å². The van der Waals surface area contributed by atoms with Crippen molar-refractivity contribution in [3.05, 3.63) is 58.8 Å². The average Bonchev–Trinajstić information content (AvgIpc) is 3.34. The lowest BCUT2D eigenvalue weighted by Crippen LogP contribution is -2.38. The van der Waals surface area contributed by atoms with Gasteiger partial charge in [-0.05, 0) is 43.2 Å². The van der Waals surface area contributed by atoms with Gasteiger partial charge in [0.25, 0.3) is 5.69 Å². The van der Waals surface area contributed by atoms with Crippen LogP contribution in [0.1, 0.15) is 12.8 Å². The van der Waals surface area contributed by atoms with Gasteiger partial charge in [-0.15, -0.1) is 10.2 Å². The number of amides is 1. The molecule has 3 aromatic rings. The van der Waals surface area contributed by atoms with E-state index in [2.05, 4.69) is 20.4 Å². The van der Waals surface area contributed by atoms with Gasteiger partial charge in [0.1, 0.15) is 11.4 Å². The summed E-state index contributed by atoms with van der Waals surface area (Å²) in [7, 11) is 1.45. The first kappa shape index (κ1) is 20.3. The fourth-order valence-corrected chi connectivity index (χ4v) is 3.56. The van der Waals surface area contributed by atoms with E-state index >= 15 is 0 Å². The molecule has 4 rings (SSSR count). The van der Waals surface area contributed by atoms with Crippen LogP contribution >= 0.6 is 0 Å². The number of piperidine rings is 1. The van der Waals surface area contributed by atoms with Crippen LogP contribution in [-0.2, 0) is 4.79 Å². The van der Waals surface area contributed by atoms with Crippen molar-refractivity contribution in [3.8, 4) is 17.2 Å². The highest BCUT2D eigenvalue weighted by Crippen LogP contribution is 2.30. The predicted molar refractivity (Wildman–Crippen MR) is 113 cm³/mol. The number of hydrogen-bond acceptors (Lipinski definition) is 8. The molecule has 1 amide bonds. The monoisotopic (exact) mass is 423 g/mol. The second-order valence-electron chi connectivity index (χ2n) is 7.15. The summed E-state index contributed by atoms with van der Waals surface area (Å²) in [5.74, 6) is 1.39. The van der Waals surface area contributed by atoms with Crippen molar-refractivity contribution in [2.75, 3.05) is 30.4 Å². The molecule has 1 aliphatic heterocycles. The maximum absolute atomic E-state index is 12.7. The smallest absolute Gasteiger partial charge is 0.271 e. The SMILES string of the molecule is COc1ccc([N+](=O)[O-])cc1NC(=O)C1CCN(c2ccc(-c3ccco3)nn2)CC1. The maximum atomic E-state index is 12.7. The summed E-state index contributed by atoms with van der Waals surface area (Å²) in [5.41, 5.74) is 0.847. The number of hydrogen-bond donors (Lipinski definition) is 1. The molecule has 3 heterocycles. The Balaban J connectivity index is 1.37. The largest absolute Gasteiger partial charge is 0.495 e. The summed E-state index contributed by atoms with van der Waals surface area (Å²) in [6.45, 7) is 1.30. The molecule has 2 aromatic heterocycles. The zero-order chi connectivity index (χ0) is 21.8. The topological polar surface area (TPSA) is 124 Å². The second-order valence-corrected chi connectivity index (χ2v) is 7.15. The minimum atomic E-state index is -0.508. The van der Waals surface area contributed by atoms with Crippen LogP contribution in [-0.4, -0.2) is 41.2 Å². The Bertz CT molecular complexity index is 1060. The standard InChI is InChI=1S/C21H21N5O5/c1-30-18-6-4-15(26(28)29)13-17(18)22-21(27)14-8-10-25(11-9-14)20-7-5-16(23-24-20)19-3-2-12-31-19/h2-7,12-14H,8-11H2,1H3,(H,22,27).